The van der Waals surface area contributed by atoms with E-state index >= 15 is 0 Å². The first-order chi connectivity index (χ1) is 10.5. The Kier molecular flexibility index (Phi) is 5.47. The standard InChI is InChI=1S/C16H22F2N2O2/c1-3-19(2)7-12-8-20(9-13(12)10-21)16(22)11-4-5-14(17)15(18)6-11/h4-6,12-13,21H,3,7-10H2,1-2H3/t12-,13-/m1/s1. The number of aliphatic hydroxyl groups excluding tert-OH is 1. The maximum absolute atomic E-state index is 13.3. The minimum absolute atomic E-state index is 0.0169. The van der Waals surface area contributed by atoms with Crippen LogP contribution in [0, 0.1) is 23.5 Å². The fraction of sp³-hybridized carbons (Fsp3) is 0.562. The van der Waals surface area contributed by atoms with Gasteiger partial charge in [0.25, 0.3) is 5.91 Å². The van der Waals surface area contributed by atoms with Gasteiger partial charge in [0.15, 0.2) is 11.6 Å². The van der Waals surface area contributed by atoms with Gasteiger partial charge in [0.1, 0.15) is 0 Å². The van der Waals surface area contributed by atoms with E-state index in [-0.39, 0.29) is 29.9 Å². The van der Waals surface area contributed by atoms with E-state index in [9.17, 15) is 18.7 Å². The summed E-state index contributed by atoms with van der Waals surface area (Å²) < 4.78 is 26.2. The SMILES string of the molecule is CCN(C)C[C@@H]1CN(C(=O)c2ccc(F)c(F)c2)C[C@@H]1CO. The summed E-state index contributed by atoms with van der Waals surface area (Å²) in [6.45, 7) is 4.72. The molecule has 0 radical (unpaired) electrons. The highest BCUT2D eigenvalue weighted by molar-refractivity contribution is 5.94. The van der Waals surface area contributed by atoms with Gasteiger partial charge >= 0.3 is 0 Å². The Labute approximate surface area is 129 Å². The van der Waals surface area contributed by atoms with E-state index in [1.807, 2.05) is 14.0 Å². The Bertz CT molecular complexity index is 539. The van der Waals surface area contributed by atoms with Crippen LogP contribution in [0.1, 0.15) is 17.3 Å². The molecular formula is C16H22F2N2O2. The number of halogens is 2. The van der Waals surface area contributed by atoms with Crippen LogP contribution in [-0.4, -0.2) is 60.6 Å². The normalized spacial score (nSPS) is 21.6. The first kappa shape index (κ1) is 16.8. The van der Waals surface area contributed by atoms with E-state index in [2.05, 4.69) is 4.90 Å². The van der Waals surface area contributed by atoms with Crippen LogP contribution >= 0.6 is 0 Å². The molecule has 0 unspecified atom stereocenters. The summed E-state index contributed by atoms with van der Waals surface area (Å²) in [7, 11) is 1.99. The molecule has 122 valence electrons. The molecule has 1 aromatic rings. The number of likely N-dealkylation sites (tertiary alicyclic amines) is 1. The van der Waals surface area contributed by atoms with Crippen molar-refractivity contribution in [2.45, 2.75) is 6.92 Å². The lowest BCUT2D eigenvalue weighted by Crippen LogP contribution is -2.32. The molecule has 2 rings (SSSR count). The maximum Gasteiger partial charge on any atom is 0.253 e. The van der Waals surface area contributed by atoms with Crippen molar-refractivity contribution in [3.63, 3.8) is 0 Å². The summed E-state index contributed by atoms with van der Waals surface area (Å²) in [5, 5.41) is 9.51. The topological polar surface area (TPSA) is 43.8 Å². The third kappa shape index (κ3) is 3.62. The van der Waals surface area contributed by atoms with Gasteiger partial charge in [0.05, 0.1) is 0 Å². The lowest BCUT2D eigenvalue weighted by molar-refractivity contribution is 0.0778. The van der Waals surface area contributed by atoms with Crippen molar-refractivity contribution in [3.8, 4) is 0 Å². The number of carbonyl (C=O) groups is 1. The van der Waals surface area contributed by atoms with Crippen molar-refractivity contribution in [1.82, 2.24) is 9.80 Å². The molecule has 1 aliphatic heterocycles. The Balaban J connectivity index is 2.09. The van der Waals surface area contributed by atoms with Crippen molar-refractivity contribution in [3.05, 3.63) is 35.4 Å². The fourth-order valence-corrected chi connectivity index (χ4v) is 2.86. The molecule has 1 heterocycles. The van der Waals surface area contributed by atoms with Gasteiger partial charge in [0.2, 0.25) is 0 Å². The fourth-order valence-electron chi connectivity index (χ4n) is 2.86. The Morgan fingerprint density at radius 1 is 1.32 bits per heavy atom. The Morgan fingerprint density at radius 2 is 2.00 bits per heavy atom. The van der Waals surface area contributed by atoms with Crippen molar-refractivity contribution in [2.24, 2.45) is 11.8 Å². The maximum atomic E-state index is 13.3. The van der Waals surface area contributed by atoms with Gasteiger partial charge in [-0.2, -0.15) is 0 Å². The van der Waals surface area contributed by atoms with Crippen LogP contribution < -0.4 is 0 Å². The van der Waals surface area contributed by atoms with Crippen LogP contribution in [0.25, 0.3) is 0 Å². The lowest BCUT2D eigenvalue weighted by atomic mass is 9.96. The summed E-state index contributed by atoms with van der Waals surface area (Å²) in [6.07, 6.45) is 0. The summed E-state index contributed by atoms with van der Waals surface area (Å²) in [4.78, 5) is 16.2. The largest absolute Gasteiger partial charge is 0.396 e. The average molecular weight is 312 g/mol. The van der Waals surface area contributed by atoms with E-state index in [0.29, 0.717) is 13.1 Å². The second-order valence-electron chi connectivity index (χ2n) is 5.90. The molecule has 2 atom stereocenters. The Hall–Kier alpha value is -1.53. The third-order valence-corrected chi connectivity index (χ3v) is 4.35. The van der Waals surface area contributed by atoms with Gasteiger partial charge in [-0.05, 0) is 37.7 Å². The van der Waals surface area contributed by atoms with E-state index in [1.54, 1.807) is 4.90 Å². The molecule has 6 heteroatoms. The molecular weight excluding hydrogens is 290 g/mol. The zero-order chi connectivity index (χ0) is 16.3. The molecule has 1 saturated heterocycles. The molecule has 22 heavy (non-hydrogen) atoms. The van der Waals surface area contributed by atoms with Gasteiger partial charge in [-0.3, -0.25) is 4.79 Å². The van der Waals surface area contributed by atoms with Crippen molar-refractivity contribution in [1.29, 1.82) is 0 Å². The van der Waals surface area contributed by atoms with Gasteiger partial charge in [-0.1, -0.05) is 6.92 Å². The van der Waals surface area contributed by atoms with Crippen LogP contribution in [0.4, 0.5) is 8.78 Å². The number of nitrogens with zero attached hydrogens (tertiary/aromatic N) is 2. The molecule has 1 N–H and O–H groups in total. The molecule has 0 aromatic heterocycles. The van der Waals surface area contributed by atoms with Gasteiger partial charge in [-0.15, -0.1) is 0 Å². The van der Waals surface area contributed by atoms with E-state index in [1.165, 1.54) is 6.07 Å². The highest BCUT2D eigenvalue weighted by Gasteiger charge is 2.35. The van der Waals surface area contributed by atoms with Crippen LogP contribution in [0.5, 0.6) is 0 Å². The van der Waals surface area contributed by atoms with Crippen LogP contribution in [-0.2, 0) is 0 Å². The summed E-state index contributed by atoms with van der Waals surface area (Å²) in [5.41, 5.74) is 0.139. The van der Waals surface area contributed by atoms with Crippen LogP contribution in [0.2, 0.25) is 0 Å². The molecule has 0 spiro atoms. The van der Waals surface area contributed by atoms with Gasteiger partial charge < -0.3 is 14.9 Å². The Morgan fingerprint density at radius 3 is 2.59 bits per heavy atom. The summed E-state index contributed by atoms with van der Waals surface area (Å²) in [6, 6.07) is 3.18. The molecule has 0 bridgehead atoms. The van der Waals surface area contributed by atoms with E-state index in [0.717, 1.165) is 25.2 Å². The van der Waals surface area contributed by atoms with Gasteiger partial charge in [-0.25, -0.2) is 8.78 Å². The monoisotopic (exact) mass is 312 g/mol. The van der Waals surface area contributed by atoms with Crippen molar-refractivity contribution < 1.29 is 18.7 Å². The number of benzene rings is 1. The minimum atomic E-state index is -1.02. The van der Waals surface area contributed by atoms with Crippen LogP contribution in [0.15, 0.2) is 18.2 Å². The number of hydrogen-bond acceptors (Lipinski definition) is 3. The number of carbonyl (C=O) groups excluding carboxylic acids is 1. The van der Waals surface area contributed by atoms with Crippen molar-refractivity contribution in [2.75, 3.05) is 39.8 Å². The first-order valence-corrected chi connectivity index (χ1v) is 7.50. The average Bonchev–Trinajstić information content (AvgIpc) is 2.92. The smallest absolute Gasteiger partial charge is 0.253 e. The highest BCUT2D eigenvalue weighted by Crippen LogP contribution is 2.25. The molecule has 1 aromatic carbocycles. The minimum Gasteiger partial charge on any atom is -0.396 e. The lowest BCUT2D eigenvalue weighted by Gasteiger charge is -2.22. The van der Waals surface area contributed by atoms with Crippen LogP contribution in [0.3, 0.4) is 0 Å². The molecule has 0 saturated carbocycles. The number of hydrogen-bond donors (Lipinski definition) is 1. The predicted molar refractivity (Wildman–Crippen MR) is 79.5 cm³/mol. The molecule has 1 fully saturated rings. The van der Waals surface area contributed by atoms with E-state index in [4.69, 9.17) is 0 Å². The molecule has 4 nitrogen and oxygen atoms in total. The molecule has 1 amide bonds. The first-order valence-electron chi connectivity index (χ1n) is 7.50. The molecule has 0 aliphatic carbocycles. The number of amides is 1. The number of aliphatic hydroxyl groups is 1. The third-order valence-electron chi connectivity index (χ3n) is 4.35. The second kappa shape index (κ2) is 7.15. The summed E-state index contributed by atoms with van der Waals surface area (Å²) in [5.74, 6) is -2.11. The van der Waals surface area contributed by atoms with E-state index < -0.39 is 11.6 Å². The second-order valence-corrected chi connectivity index (χ2v) is 5.90. The van der Waals surface area contributed by atoms with Crippen molar-refractivity contribution >= 4 is 5.91 Å². The highest BCUT2D eigenvalue weighted by atomic mass is 19.2. The molecule has 1 aliphatic rings. The zero-order valence-electron chi connectivity index (χ0n) is 12.9. The quantitative estimate of drug-likeness (QED) is 0.898. The van der Waals surface area contributed by atoms with Gasteiger partial charge in [0, 0.05) is 37.7 Å². The predicted octanol–water partition coefficient (Wildman–Crippen LogP) is 1.60. The zero-order valence-corrected chi connectivity index (χ0v) is 12.9. The number of rotatable bonds is 5. The summed E-state index contributed by atoms with van der Waals surface area (Å²) >= 11 is 0.